The van der Waals surface area contributed by atoms with Gasteiger partial charge in [0, 0.05) is 5.02 Å². The summed E-state index contributed by atoms with van der Waals surface area (Å²) in [6.07, 6.45) is 6.19. The van der Waals surface area contributed by atoms with Crippen molar-refractivity contribution in [3.8, 4) is 0 Å². The topological polar surface area (TPSA) is 97.1 Å². The molecule has 1 heterocycles. The highest BCUT2D eigenvalue weighted by atomic mass is 35.5. The summed E-state index contributed by atoms with van der Waals surface area (Å²) in [5.41, 5.74) is 0.434. The van der Waals surface area contributed by atoms with Crippen LogP contribution in [-0.4, -0.2) is 32.0 Å². The number of nitrogens with one attached hydrogen (secondary N) is 1. The van der Waals surface area contributed by atoms with Crippen molar-refractivity contribution in [2.24, 2.45) is 0 Å². The summed E-state index contributed by atoms with van der Waals surface area (Å²) in [7, 11) is 0. The minimum absolute atomic E-state index is 0.0738. The second-order valence-electron chi connectivity index (χ2n) is 6.30. The second-order valence-corrected chi connectivity index (χ2v) is 6.74. The number of rotatable bonds is 5. The van der Waals surface area contributed by atoms with Crippen molar-refractivity contribution in [1.29, 1.82) is 0 Å². The average Bonchev–Trinajstić information content (AvgIpc) is 3.05. The molecular weight excluding hydrogens is 344 g/mol. The maximum atomic E-state index is 12.5. The van der Waals surface area contributed by atoms with E-state index in [1.165, 1.54) is 10.9 Å². The third-order valence-electron chi connectivity index (χ3n) is 4.55. The zero-order valence-corrected chi connectivity index (χ0v) is 14.4. The van der Waals surface area contributed by atoms with Crippen LogP contribution < -0.4 is 5.32 Å². The number of benzene rings is 1. The van der Waals surface area contributed by atoms with Gasteiger partial charge in [-0.15, -0.1) is 5.10 Å². The molecule has 1 saturated carbocycles. The van der Waals surface area contributed by atoms with Gasteiger partial charge < -0.3 is 10.4 Å². The van der Waals surface area contributed by atoms with Crippen LogP contribution in [0.4, 0.5) is 0 Å². The zero-order chi connectivity index (χ0) is 17.9. The number of carbonyl (C=O) groups excluding carboxylic acids is 1. The number of carboxylic acid groups (broad SMARTS) is 1. The van der Waals surface area contributed by atoms with E-state index in [1.807, 2.05) is 24.3 Å². The van der Waals surface area contributed by atoms with Gasteiger partial charge in [-0.25, -0.2) is 9.48 Å². The number of hydrogen-bond donors (Lipinski definition) is 2. The number of aromatic nitrogens is 3. The fraction of sp³-hybridized carbons (Fsp3) is 0.412. The first-order chi connectivity index (χ1) is 12.0. The summed E-state index contributed by atoms with van der Waals surface area (Å²) in [5, 5.41) is 19.9. The third-order valence-corrected chi connectivity index (χ3v) is 4.80. The van der Waals surface area contributed by atoms with E-state index in [-0.39, 0.29) is 18.1 Å². The van der Waals surface area contributed by atoms with Gasteiger partial charge in [0.15, 0.2) is 5.69 Å². The highest BCUT2D eigenvalue weighted by molar-refractivity contribution is 6.30. The van der Waals surface area contributed by atoms with Crippen molar-refractivity contribution in [3.63, 3.8) is 0 Å². The molecule has 0 unspecified atom stereocenters. The molecule has 2 N–H and O–H groups in total. The number of carboxylic acids is 1. The number of nitrogens with zero attached hydrogens (tertiary/aromatic N) is 3. The van der Waals surface area contributed by atoms with E-state index in [0.29, 0.717) is 5.02 Å². The highest BCUT2D eigenvalue weighted by Crippen LogP contribution is 2.37. The fourth-order valence-corrected chi connectivity index (χ4v) is 3.46. The Morgan fingerprint density at radius 1 is 1.20 bits per heavy atom. The maximum absolute atomic E-state index is 12.5. The molecule has 132 valence electrons. The predicted molar refractivity (Wildman–Crippen MR) is 91.3 cm³/mol. The Balaban J connectivity index is 1.76. The molecule has 1 aliphatic carbocycles. The Morgan fingerprint density at radius 2 is 1.88 bits per heavy atom. The molecule has 3 rings (SSSR count). The quantitative estimate of drug-likeness (QED) is 0.852. The van der Waals surface area contributed by atoms with Gasteiger partial charge in [0.2, 0.25) is 5.91 Å². The first kappa shape index (κ1) is 17.4. The van der Waals surface area contributed by atoms with Crippen molar-refractivity contribution < 1.29 is 14.7 Å². The van der Waals surface area contributed by atoms with E-state index >= 15 is 0 Å². The molecule has 0 spiro atoms. The highest BCUT2D eigenvalue weighted by Gasteiger charge is 2.35. The number of halogens is 1. The minimum Gasteiger partial charge on any atom is -0.476 e. The zero-order valence-electron chi connectivity index (χ0n) is 13.6. The molecule has 1 fully saturated rings. The largest absolute Gasteiger partial charge is 0.476 e. The smallest absolute Gasteiger partial charge is 0.358 e. The van der Waals surface area contributed by atoms with Gasteiger partial charge in [-0.05, 0) is 30.5 Å². The van der Waals surface area contributed by atoms with E-state index in [0.717, 1.165) is 37.7 Å². The summed E-state index contributed by atoms with van der Waals surface area (Å²) >= 11 is 5.98. The Morgan fingerprint density at radius 3 is 2.48 bits per heavy atom. The Hall–Kier alpha value is -2.41. The van der Waals surface area contributed by atoms with Crippen LogP contribution >= 0.6 is 11.6 Å². The van der Waals surface area contributed by atoms with Gasteiger partial charge in [-0.3, -0.25) is 4.79 Å². The number of amides is 1. The number of hydrogen-bond acceptors (Lipinski definition) is 4. The SMILES string of the molecule is O=C(Cn1cc(C(=O)O)nn1)NC1(c2ccc(Cl)cc2)CCCCC1. The molecule has 0 saturated heterocycles. The lowest BCUT2D eigenvalue weighted by Gasteiger charge is -2.38. The van der Waals surface area contributed by atoms with Gasteiger partial charge in [-0.1, -0.05) is 48.2 Å². The van der Waals surface area contributed by atoms with E-state index in [2.05, 4.69) is 15.6 Å². The Kier molecular flexibility index (Phi) is 5.03. The third kappa shape index (κ3) is 3.99. The van der Waals surface area contributed by atoms with E-state index < -0.39 is 11.5 Å². The fourth-order valence-electron chi connectivity index (χ4n) is 3.34. The first-order valence-corrected chi connectivity index (χ1v) is 8.57. The van der Waals surface area contributed by atoms with Crippen LogP contribution in [0.2, 0.25) is 5.02 Å². The molecule has 8 heteroatoms. The first-order valence-electron chi connectivity index (χ1n) is 8.19. The summed E-state index contributed by atoms with van der Waals surface area (Å²) < 4.78 is 1.23. The van der Waals surface area contributed by atoms with Gasteiger partial charge in [-0.2, -0.15) is 0 Å². The number of carbonyl (C=O) groups is 2. The van der Waals surface area contributed by atoms with Crippen LogP contribution in [0.15, 0.2) is 30.5 Å². The van der Waals surface area contributed by atoms with Gasteiger partial charge >= 0.3 is 5.97 Å². The van der Waals surface area contributed by atoms with Crippen LogP contribution in [0.5, 0.6) is 0 Å². The maximum Gasteiger partial charge on any atom is 0.358 e. The van der Waals surface area contributed by atoms with Crippen LogP contribution in [-0.2, 0) is 16.9 Å². The molecule has 0 aliphatic heterocycles. The standard InChI is InChI=1S/C17H19ClN4O3/c18-13-6-4-12(5-7-13)17(8-2-1-3-9-17)19-15(23)11-22-10-14(16(24)25)20-21-22/h4-7,10H,1-3,8-9,11H2,(H,19,23)(H,24,25). The monoisotopic (exact) mass is 362 g/mol. The summed E-state index contributed by atoms with van der Waals surface area (Å²) in [6.45, 7) is -0.0738. The van der Waals surface area contributed by atoms with Crippen molar-refractivity contribution in [1.82, 2.24) is 20.3 Å². The summed E-state index contributed by atoms with van der Waals surface area (Å²) in [4.78, 5) is 23.4. The predicted octanol–water partition coefficient (Wildman–Crippen LogP) is 2.61. The second kappa shape index (κ2) is 7.23. The Bertz CT molecular complexity index is 766. The van der Waals surface area contributed by atoms with Crippen molar-refractivity contribution in [2.45, 2.75) is 44.2 Å². The van der Waals surface area contributed by atoms with Crippen molar-refractivity contribution in [3.05, 3.63) is 46.7 Å². The molecule has 0 atom stereocenters. The van der Waals surface area contributed by atoms with Crippen LogP contribution in [0, 0.1) is 0 Å². The lowest BCUT2D eigenvalue weighted by atomic mass is 9.76. The molecule has 0 radical (unpaired) electrons. The normalized spacial score (nSPS) is 16.4. The van der Waals surface area contributed by atoms with E-state index in [4.69, 9.17) is 16.7 Å². The molecule has 1 aromatic carbocycles. The van der Waals surface area contributed by atoms with Gasteiger partial charge in [0.05, 0.1) is 11.7 Å². The molecule has 1 aliphatic rings. The molecule has 1 aromatic heterocycles. The van der Waals surface area contributed by atoms with Gasteiger partial charge in [0.25, 0.3) is 0 Å². The van der Waals surface area contributed by atoms with Gasteiger partial charge in [0.1, 0.15) is 6.54 Å². The van der Waals surface area contributed by atoms with Crippen LogP contribution in [0.25, 0.3) is 0 Å². The molecule has 1 amide bonds. The summed E-state index contributed by atoms with van der Waals surface area (Å²) in [6, 6.07) is 7.56. The van der Waals surface area contributed by atoms with Crippen molar-refractivity contribution >= 4 is 23.5 Å². The van der Waals surface area contributed by atoms with Crippen molar-refractivity contribution in [2.75, 3.05) is 0 Å². The molecule has 0 bridgehead atoms. The van der Waals surface area contributed by atoms with Crippen LogP contribution in [0.3, 0.4) is 0 Å². The number of aromatic carboxylic acids is 1. The molecular formula is C17H19ClN4O3. The lowest BCUT2D eigenvalue weighted by Crippen LogP contribution is -2.48. The minimum atomic E-state index is -1.17. The summed E-state index contributed by atoms with van der Waals surface area (Å²) in [5.74, 6) is -1.39. The van der Waals surface area contributed by atoms with E-state index in [1.54, 1.807) is 0 Å². The average molecular weight is 363 g/mol. The molecule has 25 heavy (non-hydrogen) atoms. The van der Waals surface area contributed by atoms with E-state index in [9.17, 15) is 9.59 Å². The molecule has 2 aromatic rings. The Labute approximate surface area is 150 Å². The molecule has 7 nitrogen and oxygen atoms in total. The lowest BCUT2D eigenvalue weighted by molar-refractivity contribution is -0.124. The van der Waals surface area contributed by atoms with Crippen LogP contribution in [0.1, 0.15) is 48.2 Å².